The number of para-hydroxylation sites is 1. The molecule has 1 aliphatic heterocycles. The Bertz CT molecular complexity index is 452. The summed E-state index contributed by atoms with van der Waals surface area (Å²) in [6.07, 6.45) is 0.738. The van der Waals surface area contributed by atoms with Gasteiger partial charge in [-0.3, -0.25) is 4.79 Å². The van der Waals surface area contributed by atoms with Gasteiger partial charge in [-0.05, 0) is 12.5 Å². The first-order valence-electron chi connectivity index (χ1n) is 6.83. The van der Waals surface area contributed by atoms with Crippen LogP contribution in [-0.2, 0) is 9.53 Å². The normalized spacial score (nSPS) is 17.2. The van der Waals surface area contributed by atoms with Crippen molar-refractivity contribution in [1.82, 2.24) is 4.90 Å². The lowest BCUT2D eigenvalue weighted by molar-refractivity contribution is -0.133. The molecular formula is C15H20BrNO3. The maximum Gasteiger partial charge on any atom is 0.230 e. The van der Waals surface area contributed by atoms with Gasteiger partial charge >= 0.3 is 0 Å². The third kappa shape index (κ3) is 3.52. The quantitative estimate of drug-likeness (QED) is 0.746. The Morgan fingerprint density at radius 3 is 3.00 bits per heavy atom. The summed E-state index contributed by atoms with van der Waals surface area (Å²) in [5.74, 6) is 0.899. The van der Waals surface area contributed by atoms with Gasteiger partial charge in [-0.1, -0.05) is 34.1 Å². The molecular weight excluding hydrogens is 322 g/mol. The lowest BCUT2D eigenvalue weighted by Gasteiger charge is -2.30. The lowest BCUT2D eigenvalue weighted by atomic mass is 9.92. The Hall–Kier alpha value is -1.07. The number of ether oxygens (including phenoxy) is 2. The molecule has 0 fully saturated rings. The molecule has 1 heterocycles. The van der Waals surface area contributed by atoms with Gasteiger partial charge in [0.05, 0.1) is 19.1 Å². The fraction of sp³-hybridized carbons (Fsp3) is 0.533. The largest absolute Gasteiger partial charge is 0.493 e. The molecule has 0 aliphatic carbocycles. The molecule has 2 rings (SSSR count). The molecule has 1 amide bonds. The second-order valence-electron chi connectivity index (χ2n) is 4.73. The highest BCUT2D eigenvalue weighted by Crippen LogP contribution is 2.34. The van der Waals surface area contributed by atoms with Gasteiger partial charge in [-0.2, -0.15) is 0 Å². The maximum atomic E-state index is 12.8. The summed E-state index contributed by atoms with van der Waals surface area (Å²) in [4.78, 5) is 14.6. The highest BCUT2D eigenvalue weighted by atomic mass is 79.9. The number of amides is 1. The molecule has 1 aromatic carbocycles. The van der Waals surface area contributed by atoms with Crippen LogP contribution < -0.4 is 4.74 Å². The number of carbonyl (C=O) groups excluding carboxylic acids is 1. The van der Waals surface area contributed by atoms with Crippen LogP contribution in [0.5, 0.6) is 5.75 Å². The number of rotatable bonds is 6. The van der Waals surface area contributed by atoms with E-state index in [0.717, 1.165) is 23.1 Å². The second kappa shape index (κ2) is 7.64. The van der Waals surface area contributed by atoms with Crippen LogP contribution in [0.25, 0.3) is 0 Å². The minimum atomic E-state index is -0.101. The van der Waals surface area contributed by atoms with Gasteiger partial charge in [0, 0.05) is 31.1 Å². The number of benzene rings is 1. The van der Waals surface area contributed by atoms with E-state index in [-0.39, 0.29) is 11.8 Å². The monoisotopic (exact) mass is 341 g/mol. The summed E-state index contributed by atoms with van der Waals surface area (Å²) in [5.41, 5.74) is 1.00. The predicted molar refractivity (Wildman–Crippen MR) is 81.5 cm³/mol. The SMILES string of the molecule is COCCN(CCBr)C(=O)C1CCOc2ccccc21. The van der Waals surface area contributed by atoms with Crippen LogP contribution in [-0.4, -0.2) is 49.6 Å². The zero-order valence-corrected chi connectivity index (χ0v) is 13.3. The van der Waals surface area contributed by atoms with Gasteiger partial charge < -0.3 is 14.4 Å². The number of nitrogens with zero attached hydrogens (tertiary/aromatic N) is 1. The van der Waals surface area contributed by atoms with Crippen LogP contribution in [0, 0.1) is 0 Å². The van der Waals surface area contributed by atoms with Crippen LogP contribution in [0.1, 0.15) is 17.9 Å². The van der Waals surface area contributed by atoms with E-state index in [1.165, 1.54) is 0 Å². The summed E-state index contributed by atoms with van der Waals surface area (Å²) in [6.45, 7) is 2.48. The van der Waals surface area contributed by atoms with E-state index in [4.69, 9.17) is 9.47 Å². The molecule has 0 aromatic heterocycles. The highest BCUT2D eigenvalue weighted by molar-refractivity contribution is 9.09. The van der Waals surface area contributed by atoms with E-state index in [0.29, 0.717) is 26.3 Å². The smallest absolute Gasteiger partial charge is 0.230 e. The number of fused-ring (bicyclic) bond motifs is 1. The molecule has 0 N–H and O–H groups in total. The number of alkyl halides is 1. The summed E-state index contributed by atoms with van der Waals surface area (Å²) in [5, 5.41) is 0.771. The van der Waals surface area contributed by atoms with Gasteiger partial charge in [0.1, 0.15) is 5.75 Å². The van der Waals surface area contributed by atoms with Crippen molar-refractivity contribution in [3.05, 3.63) is 29.8 Å². The van der Waals surface area contributed by atoms with Gasteiger partial charge in [-0.15, -0.1) is 0 Å². The van der Waals surface area contributed by atoms with Crippen molar-refractivity contribution in [2.24, 2.45) is 0 Å². The molecule has 1 aliphatic rings. The number of halogens is 1. The molecule has 0 radical (unpaired) electrons. The molecule has 1 atom stereocenters. The fourth-order valence-corrected chi connectivity index (χ4v) is 2.88. The predicted octanol–water partition coefficient (Wildman–Crippen LogP) is 2.42. The Morgan fingerprint density at radius 2 is 2.25 bits per heavy atom. The summed E-state index contributed by atoms with van der Waals surface area (Å²) < 4.78 is 10.7. The number of methoxy groups -OCH3 is 1. The molecule has 20 heavy (non-hydrogen) atoms. The summed E-state index contributed by atoms with van der Waals surface area (Å²) >= 11 is 3.41. The molecule has 4 nitrogen and oxygen atoms in total. The molecule has 0 saturated carbocycles. The number of hydrogen-bond donors (Lipinski definition) is 0. The van der Waals surface area contributed by atoms with Gasteiger partial charge in [-0.25, -0.2) is 0 Å². The molecule has 5 heteroatoms. The van der Waals surface area contributed by atoms with Crippen LogP contribution in [0.15, 0.2) is 24.3 Å². The van der Waals surface area contributed by atoms with Gasteiger partial charge in [0.25, 0.3) is 0 Å². The Balaban J connectivity index is 2.15. The third-order valence-corrected chi connectivity index (χ3v) is 3.84. The minimum absolute atomic E-state index is 0.101. The Morgan fingerprint density at radius 1 is 1.45 bits per heavy atom. The first-order valence-corrected chi connectivity index (χ1v) is 7.95. The summed E-state index contributed by atoms with van der Waals surface area (Å²) in [7, 11) is 1.65. The Labute approximate surface area is 128 Å². The average Bonchev–Trinajstić information content (AvgIpc) is 2.50. The van der Waals surface area contributed by atoms with Crippen molar-refractivity contribution >= 4 is 21.8 Å². The van der Waals surface area contributed by atoms with Crippen molar-refractivity contribution in [2.75, 3.05) is 38.7 Å². The van der Waals surface area contributed by atoms with E-state index in [9.17, 15) is 4.79 Å². The first kappa shape index (κ1) is 15.3. The lowest BCUT2D eigenvalue weighted by Crippen LogP contribution is -2.40. The molecule has 110 valence electrons. The molecule has 0 saturated heterocycles. The van der Waals surface area contributed by atoms with Gasteiger partial charge in [0.2, 0.25) is 5.91 Å². The van der Waals surface area contributed by atoms with E-state index < -0.39 is 0 Å². The first-order chi connectivity index (χ1) is 9.77. The third-order valence-electron chi connectivity index (χ3n) is 3.49. The van der Waals surface area contributed by atoms with Crippen molar-refractivity contribution in [3.63, 3.8) is 0 Å². The number of hydrogen-bond acceptors (Lipinski definition) is 3. The number of carbonyl (C=O) groups is 1. The van der Waals surface area contributed by atoms with Crippen LogP contribution in [0.2, 0.25) is 0 Å². The minimum Gasteiger partial charge on any atom is -0.493 e. The molecule has 0 bridgehead atoms. The topological polar surface area (TPSA) is 38.8 Å². The molecule has 0 spiro atoms. The van der Waals surface area contributed by atoms with E-state index >= 15 is 0 Å². The second-order valence-corrected chi connectivity index (χ2v) is 5.53. The zero-order valence-electron chi connectivity index (χ0n) is 11.7. The van der Waals surface area contributed by atoms with E-state index in [1.54, 1.807) is 7.11 Å². The van der Waals surface area contributed by atoms with Gasteiger partial charge in [0.15, 0.2) is 0 Å². The molecule has 1 aromatic rings. The summed E-state index contributed by atoms with van der Waals surface area (Å²) in [6, 6.07) is 7.81. The van der Waals surface area contributed by atoms with Crippen molar-refractivity contribution in [2.45, 2.75) is 12.3 Å². The Kier molecular flexibility index (Phi) is 5.86. The maximum absolute atomic E-state index is 12.8. The highest BCUT2D eigenvalue weighted by Gasteiger charge is 2.30. The fourth-order valence-electron chi connectivity index (χ4n) is 2.45. The molecule has 1 unspecified atom stereocenters. The van der Waals surface area contributed by atoms with Crippen LogP contribution in [0.4, 0.5) is 0 Å². The van der Waals surface area contributed by atoms with Crippen LogP contribution >= 0.6 is 15.9 Å². The van der Waals surface area contributed by atoms with E-state index in [2.05, 4.69) is 15.9 Å². The van der Waals surface area contributed by atoms with Crippen molar-refractivity contribution in [1.29, 1.82) is 0 Å². The average molecular weight is 342 g/mol. The van der Waals surface area contributed by atoms with Crippen LogP contribution in [0.3, 0.4) is 0 Å². The van der Waals surface area contributed by atoms with Crippen molar-refractivity contribution in [3.8, 4) is 5.75 Å². The van der Waals surface area contributed by atoms with E-state index in [1.807, 2.05) is 29.2 Å². The van der Waals surface area contributed by atoms with Crippen molar-refractivity contribution < 1.29 is 14.3 Å². The standard InChI is InChI=1S/C15H20BrNO3/c1-19-11-9-17(8-7-16)15(18)13-6-10-20-14-5-3-2-4-12(13)14/h2-5,13H,6-11H2,1H3. The zero-order chi connectivity index (χ0) is 14.4.